The summed E-state index contributed by atoms with van der Waals surface area (Å²) in [5.41, 5.74) is 6.62. The quantitative estimate of drug-likeness (QED) is 0.473. The molecule has 3 aliphatic rings. The SMILES string of the molecule is CC1(C)CCN2CCC(C)(C)c3cc(/C=C/C4=CC(C(C#N)C#N)C=C(c5ccccc5)O4)cc1c32. The summed E-state index contributed by atoms with van der Waals surface area (Å²) in [6.45, 7) is 11.7. The van der Waals surface area contributed by atoms with E-state index in [1.807, 2.05) is 48.6 Å². The number of hydrogen-bond donors (Lipinski definition) is 0. The maximum Gasteiger partial charge on any atom is 0.143 e. The predicted octanol–water partition coefficient (Wildman–Crippen LogP) is 7.10. The lowest BCUT2D eigenvalue weighted by atomic mass is 9.69. The molecule has 0 fully saturated rings. The molecule has 0 spiro atoms. The van der Waals surface area contributed by atoms with Crippen molar-refractivity contribution in [3.63, 3.8) is 0 Å². The minimum atomic E-state index is -0.767. The van der Waals surface area contributed by atoms with E-state index in [1.165, 1.54) is 16.8 Å². The van der Waals surface area contributed by atoms with Crippen molar-refractivity contribution in [2.24, 2.45) is 11.8 Å². The zero-order chi connectivity index (χ0) is 25.5. The van der Waals surface area contributed by atoms with E-state index in [2.05, 4.69) is 62.9 Å². The predicted molar refractivity (Wildman–Crippen MR) is 145 cm³/mol. The summed E-state index contributed by atoms with van der Waals surface area (Å²) >= 11 is 0. The van der Waals surface area contributed by atoms with Gasteiger partial charge in [-0.05, 0) is 70.7 Å². The Balaban J connectivity index is 1.53. The smallest absolute Gasteiger partial charge is 0.143 e. The van der Waals surface area contributed by atoms with Crippen LogP contribution in [0.5, 0.6) is 0 Å². The fraction of sp³-hybridized carbons (Fsp3) is 0.375. The number of anilines is 1. The molecule has 3 heterocycles. The molecule has 2 aromatic rings. The highest BCUT2D eigenvalue weighted by Crippen LogP contribution is 2.49. The van der Waals surface area contributed by atoms with Gasteiger partial charge in [-0.2, -0.15) is 10.5 Å². The first-order valence-corrected chi connectivity index (χ1v) is 12.8. The van der Waals surface area contributed by atoms with Crippen LogP contribution in [0, 0.1) is 34.5 Å². The molecule has 0 aromatic heterocycles. The highest BCUT2D eigenvalue weighted by molar-refractivity contribution is 5.72. The van der Waals surface area contributed by atoms with Crippen LogP contribution >= 0.6 is 0 Å². The van der Waals surface area contributed by atoms with Gasteiger partial charge in [0.05, 0.1) is 12.1 Å². The number of allylic oxidation sites excluding steroid dienone is 3. The molecule has 0 saturated carbocycles. The van der Waals surface area contributed by atoms with Gasteiger partial charge in [-0.3, -0.25) is 0 Å². The van der Waals surface area contributed by atoms with Gasteiger partial charge in [-0.25, -0.2) is 0 Å². The van der Waals surface area contributed by atoms with Crippen LogP contribution in [-0.4, -0.2) is 13.1 Å². The molecule has 0 saturated heterocycles. The normalized spacial score (nSPS) is 21.6. The van der Waals surface area contributed by atoms with Crippen LogP contribution in [0.15, 0.2) is 66.5 Å². The van der Waals surface area contributed by atoms with Crippen molar-refractivity contribution in [3.05, 3.63) is 88.7 Å². The molecule has 3 aliphatic heterocycles. The second kappa shape index (κ2) is 9.03. The second-order valence-electron chi connectivity index (χ2n) is 11.4. The van der Waals surface area contributed by atoms with Crippen LogP contribution < -0.4 is 4.90 Å². The maximum absolute atomic E-state index is 9.53. The summed E-state index contributed by atoms with van der Waals surface area (Å²) in [5.74, 6) is 0.233. The molecular weight excluding hydrogens is 442 g/mol. The van der Waals surface area contributed by atoms with Gasteiger partial charge < -0.3 is 9.64 Å². The Hall–Kier alpha value is -3.76. The zero-order valence-electron chi connectivity index (χ0n) is 21.6. The lowest BCUT2D eigenvalue weighted by molar-refractivity contribution is 0.379. The van der Waals surface area contributed by atoms with Crippen molar-refractivity contribution in [1.29, 1.82) is 10.5 Å². The Morgan fingerprint density at radius 1 is 0.917 bits per heavy atom. The summed E-state index contributed by atoms with van der Waals surface area (Å²) in [5, 5.41) is 19.1. The van der Waals surface area contributed by atoms with Crippen molar-refractivity contribution >= 4 is 17.5 Å². The van der Waals surface area contributed by atoms with Crippen LogP contribution in [0.1, 0.15) is 62.8 Å². The minimum Gasteiger partial charge on any atom is -0.457 e. The standard InChI is InChI=1S/C32H33N3O/c1-31(2)12-14-35-15-13-32(3,4)28-17-22(16-27(31)30(28)35)10-11-26-18-24(25(20-33)21-34)19-29(36-26)23-8-6-5-7-9-23/h5-11,16-19,24-25H,12-15H2,1-4H3/b11-10+. The molecule has 1 unspecified atom stereocenters. The molecule has 182 valence electrons. The van der Waals surface area contributed by atoms with Crippen molar-refractivity contribution < 1.29 is 4.74 Å². The van der Waals surface area contributed by atoms with Gasteiger partial charge in [0.25, 0.3) is 0 Å². The highest BCUT2D eigenvalue weighted by Gasteiger charge is 2.39. The van der Waals surface area contributed by atoms with E-state index in [-0.39, 0.29) is 16.7 Å². The number of ether oxygens (including phenoxy) is 1. The van der Waals surface area contributed by atoms with Crippen LogP contribution in [0.25, 0.3) is 11.8 Å². The largest absolute Gasteiger partial charge is 0.457 e. The number of benzene rings is 2. The van der Waals surface area contributed by atoms with Crippen molar-refractivity contribution in [1.82, 2.24) is 0 Å². The van der Waals surface area contributed by atoms with Gasteiger partial charge in [-0.15, -0.1) is 0 Å². The Kier molecular flexibility index (Phi) is 6.01. The molecule has 0 bridgehead atoms. The van der Waals surface area contributed by atoms with E-state index in [0.29, 0.717) is 11.5 Å². The van der Waals surface area contributed by atoms with E-state index < -0.39 is 5.92 Å². The number of nitrogens with zero attached hydrogens (tertiary/aromatic N) is 3. The molecule has 36 heavy (non-hydrogen) atoms. The summed E-state index contributed by atoms with van der Waals surface area (Å²) in [6.07, 6.45) is 10.2. The van der Waals surface area contributed by atoms with E-state index >= 15 is 0 Å². The molecule has 0 N–H and O–H groups in total. The van der Waals surface area contributed by atoms with Crippen molar-refractivity contribution in [3.8, 4) is 12.1 Å². The van der Waals surface area contributed by atoms with Gasteiger partial charge in [-0.1, -0.05) is 64.1 Å². The number of nitriles is 2. The molecule has 0 amide bonds. The van der Waals surface area contributed by atoms with Gasteiger partial charge in [0.1, 0.15) is 17.4 Å². The van der Waals surface area contributed by atoms with E-state index in [9.17, 15) is 10.5 Å². The van der Waals surface area contributed by atoms with E-state index in [0.717, 1.165) is 37.1 Å². The Morgan fingerprint density at radius 2 is 1.53 bits per heavy atom. The molecule has 4 heteroatoms. The first-order valence-electron chi connectivity index (χ1n) is 12.8. The first kappa shape index (κ1) is 24.0. The summed E-state index contributed by atoms with van der Waals surface area (Å²) < 4.78 is 6.25. The van der Waals surface area contributed by atoms with Gasteiger partial charge >= 0.3 is 0 Å². The van der Waals surface area contributed by atoms with Gasteiger partial charge in [0, 0.05) is 30.3 Å². The third kappa shape index (κ3) is 4.33. The van der Waals surface area contributed by atoms with Crippen molar-refractivity contribution in [2.45, 2.75) is 51.4 Å². The summed E-state index contributed by atoms with van der Waals surface area (Å²) in [6, 6.07) is 18.8. The lowest BCUT2D eigenvalue weighted by Crippen LogP contribution is -2.44. The molecular formula is C32H33N3O. The second-order valence-corrected chi connectivity index (χ2v) is 11.4. The van der Waals surface area contributed by atoms with Crippen LogP contribution in [-0.2, 0) is 15.6 Å². The summed E-state index contributed by atoms with van der Waals surface area (Å²) in [7, 11) is 0. The zero-order valence-corrected chi connectivity index (χ0v) is 21.6. The Morgan fingerprint density at radius 3 is 2.11 bits per heavy atom. The van der Waals surface area contributed by atoms with Gasteiger partial charge in [0.15, 0.2) is 0 Å². The number of hydrogen-bond acceptors (Lipinski definition) is 4. The fourth-order valence-electron chi connectivity index (χ4n) is 5.59. The van der Waals surface area contributed by atoms with E-state index in [4.69, 9.17) is 4.74 Å². The third-order valence-corrected chi connectivity index (χ3v) is 8.01. The third-order valence-electron chi connectivity index (χ3n) is 8.01. The van der Waals surface area contributed by atoms with Crippen LogP contribution in [0.4, 0.5) is 5.69 Å². The topological polar surface area (TPSA) is 60.0 Å². The summed E-state index contributed by atoms with van der Waals surface area (Å²) in [4.78, 5) is 2.58. The lowest BCUT2D eigenvalue weighted by Gasteiger charge is -2.48. The Labute approximate surface area is 214 Å². The minimum absolute atomic E-state index is 0.125. The maximum atomic E-state index is 9.53. The van der Waals surface area contributed by atoms with Crippen LogP contribution in [0.3, 0.4) is 0 Å². The molecule has 2 aromatic carbocycles. The average molecular weight is 476 g/mol. The number of rotatable bonds is 4. The first-order chi connectivity index (χ1) is 17.2. The van der Waals surface area contributed by atoms with Gasteiger partial charge in [0.2, 0.25) is 0 Å². The van der Waals surface area contributed by atoms with E-state index in [1.54, 1.807) is 0 Å². The monoisotopic (exact) mass is 475 g/mol. The molecule has 0 radical (unpaired) electrons. The van der Waals surface area contributed by atoms with Crippen molar-refractivity contribution in [2.75, 3.05) is 18.0 Å². The highest BCUT2D eigenvalue weighted by atomic mass is 16.5. The van der Waals surface area contributed by atoms with Crippen LogP contribution in [0.2, 0.25) is 0 Å². The molecule has 5 rings (SSSR count). The fourth-order valence-corrected chi connectivity index (χ4v) is 5.59. The molecule has 1 atom stereocenters. The molecule has 4 nitrogen and oxygen atoms in total. The molecule has 0 aliphatic carbocycles. The average Bonchev–Trinajstić information content (AvgIpc) is 2.87. The Bertz CT molecular complexity index is 1290.